The summed E-state index contributed by atoms with van der Waals surface area (Å²) in [6.45, 7) is 11.1. The Bertz CT molecular complexity index is 951. The normalized spacial score (nSPS) is 18.0. The molecule has 2 aliphatic heterocycles. The van der Waals surface area contributed by atoms with E-state index in [1.807, 2.05) is 32.9 Å². The van der Waals surface area contributed by atoms with Crippen LogP contribution in [-0.4, -0.2) is 71.2 Å². The number of carbonyl (C=O) groups is 1. The predicted molar refractivity (Wildman–Crippen MR) is 134 cm³/mol. The maximum Gasteiger partial charge on any atom is 0.410 e. The van der Waals surface area contributed by atoms with Gasteiger partial charge in [-0.05, 0) is 39.8 Å². The van der Waals surface area contributed by atoms with Gasteiger partial charge in [-0.15, -0.1) is 24.0 Å². The summed E-state index contributed by atoms with van der Waals surface area (Å²) in [5.41, 5.74) is 2.62. The van der Waals surface area contributed by atoms with Crippen molar-refractivity contribution in [2.45, 2.75) is 45.8 Å². The summed E-state index contributed by atoms with van der Waals surface area (Å²) in [4.78, 5) is 25.6. The summed E-state index contributed by atoms with van der Waals surface area (Å²) in [6, 6.07) is 8.35. The smallest absolute Gasteiger partial charge is 0.410 e. The molecule has 3 heterocycles. The van der Waals surface area contributed by atoms with E-state index in [0.717, 1.165) is 36.7 Å². The van der Waals surface area contributed by atoms with Crippen LogP contribution in [0, 0.1) is 6.92 Å². The SMILES string of the molecule is Cc1ccc(-c2nc(CCNC3=NCC4CN(C(=O)OC(C)(C)C)CCN34)co2)cc1.I. The van der Waals surface area contributed by atoms with E-state index in [4.69, 9.17) is 9.15 Å². The van der Waals surface area contributed by atoms with Gasteiger partial charge in [-0.2, -0.15) is 0 Å². The number of oxazole rings is 1. The van der Waals surface area contributed by atoms with Crippen molar-refractivity contribution < 1.29 is 13.9 Å². The number of rotatable bonds is 4. The minimum atomic E-state index is -0.479. The molecule has 1 amide bonds. The molecule has 2 aromatic rings. The van der Waals surface area contributed by atoms with Crippen LogP contribution in [0.25, 0.3) is 11.5 Å². The lowest BCUT2D eigenvalue weighted by atomic mass is 10.1. The minimum absolute atomic E-state index is 0. The second-order valence-electron chi connectivity index (χ2n) is 9.12. The molecular formula is C23H32IN5O3. The Morgan fingerprint density at radius 1 is 1.25 bits per heavy atom. The number of aryl methyl sites for hydroxylation is 1. The predicted octanol–water partition coefficient (Wildman–Crippen LogP) is 3.69. The molecule has 4 rings (SSSR count). The Morgan fingerprint density at radius 3 is 2.72 bits per heavy atom. The van der Waals surface area contributed by atoms with E-state index >= 15 is 0 Å². The quantitative estimate of drug-likeness (QED) is 0.582. The van der Waals surface area contributed by atoms with Crippen LogP contribution in [0.1, 0.15) is 32.0 Å². The fourth-order valence-corrected chi connectivity index (χ4v) is 3.78. The lowest BCUT2D eigenvalue weighted by Gasteiger charge is -2.39. The molecule has 1 unspecified atom stereocenters. The van der Waals surface area contributed by atoms with Crippen molar-refractivity contribution in [2.75, 3.05) is 32.7 Å². The number of carbonyl (C=O) groups excluding carboxylic acids is 1. The number of guanidine groups is 1. The zero-order valence-electron chi connectivity index (χ0n) is 19.1. The Labute approximate surface area is 206 Å². The van der Waals surface area contributed by atoms with Crippen LogP contribution >= 0.6 is 24.0 Å². The van der Waals surface area contributed by atoms with E-state index in [1.165, 1.54) is 5.56 Å². The molecule has 1 fully saturated rings. The average Bonchev–Trinajstić information content (AvgIpc) is 3.34. The van der Waals surface area contributed by atoms with Gasteiger partial charge in [-0.1, -0.05) is 17.7 Å². The summed E-state index contributed by atoms with van der Waals surface area (Å²) < 4.78 is 11.1. The lowest BCUT2D eigenvalue weighted by Crippen LogP contribution is -2.57. The number of amides is 1. The minimum Gasteiger partial charge on any atom is -0.444 e. The highest BCUT2D eigenvalue weighted by Crippen LogP contribution is 2.20. The van der Waals surface area contributed by atoms with Crippen LogP contribution in [0.5, 0.6) is 0 Å². The number of aromatic nitrogens is 1. The van der Waals surface area contributed by atoms with Gasteiger partial charge in [0.05, 0.1) is 18.3 Å². The summed E-state index contributed by atoms with van der Waals surface area (Å²) in [5, 5.41) is 3.43. The number of nitrogens with one attached hydrogen (secondary N) is 1. The molecule has 1 aromatic heterocycles. The van der Waals surface area contributed by atoms with Gasteiger partial charge in [0, 0.05) is 38.2 Å². The van der Waals surface area contributed by atoms with E-state index in [9.17, 15) is 4.79 Å². The number of fused-ring (bicyclic) bond motifs is 1. The molecule has 1 aromatic carbocycles. The Morgan fingerprint density at radius 2 is 2.00 bits per heavy atom. The summed E-state index contributed by atoms with van der Waals surface area (Å²) >= 11 is 0. The van der Waals surface area contributed by atoms with Crippen LogP contribution in [0.4, 0.5) is 4.79 Å². The van der Waals surface area contributed by atoms with Gasteiger partial charge in [-0.3, -0.25) is 4.99 Å². The van der Waals surface area contributed by atoms with E-state index in [0.29, 0.717) is 25.5 Å². The third-order valence-electron chi connectivity index (χ3n) is 5.37. The van der Waals surface area contributed by atoms with Crippen LogP contribution in [0.2, 0.25) is 0 Å². The van der Waals surface area contributed by atoms with Crippen molar-refractivity contribution in [3.05, 3.63) is 41.8 Å². The lowest BCUT2D eigenvalue weighted by molar-refractivity contribution is 0.0137. The Kier molecular flexibility index (Phi) is 7.68. The van der Waals surface area contributed by atoms with Crippen LogP contribution in [0.3, 0.4) is 0 Å². The molecule has 1 saturated heterocycles. The molecule has 8 nitrogen and oxygen atoms in total. The fraction of sp³-hybridized carbons (Fsp3) is 0.522. The van der Waals surface area contributed by atoms with E-state index in [2.05, 4.69) is 39.2 Å². The van der Waals surface area contributed by atoms with E-state index < -0.39 is 5.60 Å². The van der Waals surface area contributed by atoms with Crippen molar-refractivity contribution >= 4 is 36.0 Å². The molecule has 0 aliphatic carbocycles. The molecule has 2 aliphatic rings. The second-order valence-corrected chi connectivity index (χ2v) is 9.12. The van der Waals surface area contributed by atoms with Gasteiger partial charge in [0.2, 0.25) is 5.89 Å². The van der Waals surface area contributed by atoms with Crippen molar-refractivity contribution in [3.8, 4) is 11.5 Å². The third-order valence-corrected chi connectivity index (χ3v) is 5.37. The number of nitrogens with zero attached hydrogens (tertiary/aromatic N) is 4. The molecule has 0 radical (unpaired) electrons. The maximum atomic E-state index is 12.4. The zero-order valence-corrected chi connectivity index (χ0v) is 21.5. The highest BCUT2D eigenvalue weighted by atomic mass is 127. The zero-order chi connectivity index (χ0) is 22.0. The van der Waals surface area contributed by atoms with Crippen molar-refractivity contribution in [3.63, 3.8) is 0 Å². The van der Waals surface area contributed by atoms with E-state index in [-0.39, 0.29) is 36.1 Å². The van der Waals surface area contributed by atoms with Gasteiger partial charge in [0.15, 0.2) is 5.96 Å². The van der Waals surface area contributed by atoms with Crippen LogP contribution < -0.4 is 5.32 Å². The summed E-state index contributed by atoms with van der Waals surface area (Å²) in [7, 11) is 0. The number of halogens is 1. The van der Waals surface area contributed by atoms with E-state index in [1.54, 1.807) is 11.2 Å². The van der Waals surface area contributed by atoms with Crippen molar-refractivity contribution in [2.24, 2.45) is 4.99 Å². The standard InChI is InChI=1S/C23H31N5O3.HI/c1-16-5-7-17(8-6-16)20-26-18(15-30-20)9-10-24-21-25-13-19-14-27(11-12-28(19)21)22(29)31-23(2,3)4;/h5-8,15,19H,9-14H2,1-4H3,(H,24,25);1H. The molecule has 1 N–H and O–H groups in total. The molecule has 174 valence electrons. The van der Waals surface area contributed by atoms with Gasteiger partial charge in [0.25, 0.3) is 0 Å². The molecule has 0 bridgehead atoms. The first kappa shape index (κ1) is 24.3. The summed E-state index contributed by atoms with van der Waals surface area (Å²) in [5.74, 6) is 1.54. The molecule has 1 atom stereocenters. The van der Waals surface area contributed by atoms with Gasteiger partial charge in [-0.25, -0.2) is 9.78 Å². The number of aliphatic imine (C=N–C) groups is 1. The largest absolute Gasteiger partial charge is 0.444 e. The summed E-state index contributed by atoms with van der Waals surface area (Å²) in [6.07, 6.45) is 2.22. The Balaban J connectivity index is 0.00000289. The number of piperazine rings is 1. The average molecular weight is 553 g/mol. The number of hydrogen-bond acceptors (Lipinski definition) is 7. The maximum absolute atomic E-state index is 12.4. The van der Waals surface area contributed by atoms with Gasteiger partial charge >= 0.3 is 6.09 Å². The number of hydrogen-bond donors (Lipinski definition) is 1. The topological polar surface area (TPSA) is 83.2 Å². The second kappa shape index (κ2) is 10.1. The highest BCUT2D eigenvalue weighted by Gasteiger charge is 2.36. The monoisotopic (exact) mass is 553 g/mol. The van der Waals surface area contributed by atoms with Crippen LogP contribution in [0.15, 0.2) is 39.9 Å². The highest BCUT2D eigenvalue weighted by molar-refractivity contribution is 14.0. The van der Waals surface area contributed by atoms with Crippen molar-refractivity contribution in [1.29, 1.82) is 0 Å². The Hall–Kier alpha value is -2.30. The first-order valence-electron chi connectivity index (χ1n) is 10.8. The molecular weight excluding hydrogens is 521 g/mol. The molecule has 0 saturated carbocycles. The fourth-order valence-electron chi connectivity index (χ4n) is 3.78. The molecule has 0 spiro atoms. The third kappa shape index (κ3) is 5.93. The number of ether oxygens (including phenoxy) is 1. The molecule has 9 heteroatoms. The molecule has 32 heavy (non-hydrogen) atoms. The van der Waals surface area contributed by atoms with Crippen molar-refractivity contribution in [1.82, 2.24) is 20.1 Å². The first-order valence-corrected chi connectivity index (χ1v) is 10.8. The van der Waals surface area contributed by atoms with Gasteiger partial charge in [0.1, 0.15) is 11.9 Å². The number of benzene rings is 1. The first-order chi connectivity index (χ1) is 14.8. The van der Waals surface area contributed by atoms with Gasteiger partial charge < -0.3 is 24.3 Å². The van der Waals surface area contributed by atoms with Crippen LogP contribution in [-0.2, 0) is 11.2 Å².